The molecule has 0 saturated carbocycles. The number of rotatable bonds is 1. The summed E-state index contributed by atoms with van der Waals surface area (Å²) in [5.74, 6) is 6.47. The van der Waals surface area contributed by atoms with E-state index in [-0.39, 0.29) is 0 Å². The van der Waals surface area contributed by atoms with Gasteiger partial charge in [-0.1, -0.05) is 42.2 Å². The van der Waals surface area contributed by atoms with Crippen LogP contribution in [0.2, 0.25) is 0 Å². The van der Waals surface area contributed by atoms with Gasteiger partial charge >= 0.3 is 0 Å². The van der Waals surface area contributed by atoms with Crippen LogP contribution in [-0.2, 0) is 13.0 Å². The molecule has 2 aromatic carbocycles. The predicted octanol–water partition coefficient (Wildman–Crippen LogP) is 2.68. The lowest BCUT2D eigenvalue weighted by atomic mass is 9.98. The summed E-state index contributed by atoms with van der Waals surface area (Å²) in [5.41, 5.74) is 10.7. The molecule has 0 saturated heterocycles. The maximum Gasteiger partial charge on any atom is 0.0608 e. The van der Waals surface area contributed by atoms with E-state index in [4.69, 9.17) is 5.73 Å². The first-order chi connectivity index (χ1) is 9.83. The van der Waals surface area contributed by atoms with E-state index in [1.165, 1.54) is 11.1 Å². The Morgan fingerprint density at radius 3 is 2.75 bits per heavy atom. The van der Waals surface area contributed by atoms with Crippen LogP contribution in [0.1, 0.15) is 16.7 Å². The van der Waals surface area contributed by atoms with Gasteiger partial charge in [0.25, 0.3) is 0 Å². The number of nitrogens with two attached hydrogens (primary N) is 1. The van der Waals surface area contributed by atoms with Crippen LogP contribution >= 0.6 is 0 Å². The molecule has 0 unspecified atom stereocenters. The topological polar surface area (TPSA) is 29.3 Å². The van der Waals surface area contributed by atoms with Gasteiger partial charge in [0.2, 0.25) is 0 Å². The van der Waals surface area contributed by atoms with Crippen molar-refractivity contribution in [3.8, 4) is 11.8 Å². The maximum atomic E-state index is 6.02. The number of nitrogen functional groups attached to an aromatic ring is 1. The third-order valence-electron chi connectivity index (χ3n) is 3.69. The van der Waals surface area contributed by atoms with E-state index in [1.54, 1.807) is 0 Å². The Kier molecular flexibility index (Phi) is 3.71. The highest BCUT2D eigenvalue weighted by Gasteiger charge is 2.16. The summed E-state index contributed by atoms with van der Waals surface area (Å²) in [6, 6.07) is 16.3. The van der Waals surface area contributed by atoms with E-state index >= 15 is 0 Å². The fourth-order valence-electron chi connectivity index (χ4n) is 2.61. The average molecular weight is 262 g/mol. The Morgan fingerprint density at radius 1 is 1.05 bits per heavy atom. The molecule has 2 heteroatoms. The molecule has 0 amide bonds. The molecule has 1 aliphatic rings. The SMILES string of the molecule is Nc1cccc2c1CCN(CC#Cc1ccccc1)C2. The van der Waals surface area contributed by atoms with Gasteiger partial charge in [-0.2, -0.15) is 0 Å². The maximum absolute atomic E-state index is 6.02. The zero-order chi connectivity index (χ0) is 13.8. The van der Waals surface area contributed by atoms with Crippen molar-refractivity contribution in [2.24, 2.45) is 0 Å². The number of hydrogen-bond acceptors (Lipinski definition) is 2. The van der Waals surface area contributed by atoms with E-state index < -0.39 is 0 Å². The van der Waals surface area contributed by atoms with E-state index in [0.717, 1.165) is 37.3 Å². The molecule has 1 heterocycles. The standard InChI is InChI=1S/C18H18N2/c19-18-10-4-9-16-14-20(13-11-17(16)18)12-5-8-15-6-2-1-3-7-15/h1-4,6-7,9-10H,11-14,19H2. The molecule has 20 heavy (non-hydrogen) atoms. The summed E-state index contributed by atoms with van der Waals surface area (Å²) in [6.45, 7) is 2.79. The van der Waals surface area contributed by atoms with Crippen molar-refractivity contribution in [1.82, 2.24) is 4.90 Å². The van der Waals surface area contributed by atoms with Crippen LogP contribution in [0.15, 0.2) is 48.5 Å². The first-order valence-corrected chi connectivity index (χ1v) is 6.95. The molecular weight excluding hydrogens is 244 g/mol. The van der Waals surface area contributed by atoms with Gasteiger partial charge in [0.15, 0.2) is 0 Å². The predicted molar refractivity (Wildman–Crippen MR) is 83.2 cm³/mol. The zero-order valence-electron chi connectivity index (χ0n) is 11.5. The summed E-state index contributed by atoms with van der Waals surface area (Å²) in [5, 5.41) is 0. The summed E-state index contributed by atoms with van der Waals surface area (Å²) < 4.78 is 0. The Balaban J connectivity index is 1.65. The molecule has 2 nitrogen and oxygen atoms in total. The Hall–Kier alpha value is -2.24. The lowest BCUT2D eigenvalue weighted by Crippen LogP contribution is -2.31. The van der Waals surface area contributed by atoms with Gasteiger partial charge in [0.1, 0.15) is 0 Å². The van der Waals surface area contributed by atoms with Crippen LogP contribution < -0.4 is 5.73 Å². The second-order valence-corrected chi connectivity index (χ2v) is 5.11. The van der Waals surface area contributed by atoms with Crippen LogP contribution in [0, 0.1) is 11.8 Å². The fraction of sp³-hybridized carbons (Fsp3) is 0.222. The summed E-state index contributed by atoms with van der Waals surface area (Å²) in [6.07, 6.45) is 1.02. The molecule has 0 spiro atoms. The molecule has 2 N–H and O–H groups in total. The number of nitrogens with zero attached hydrogens (tertiary/aromatic N) is 1. The molecule has 100 valence electrons. The molecule has 1 aliphatic heterocycles. The van der Waals surface area contributed by atoms with Crippen molar-refractivity contribution in [3.05, 3.63) is 65.2 Å². The second kappa shape index (κ2) is 5.81. The molecule has 0 atom stereocenters. The molecule has 0 bridgehead atoms. The normalized spacial score (nSPS) is 14.2. The Morgan fingerprint density at radius 2 is 1.90 bits per heavy atom. The van der Waals surface area contributed by atoms with Gasteiger partial charge in [0, 0.05) is 24.3 Å². The molecule has 0 fully saturated rings. The van der Waals surface area contributed by atoms with E-state index in [0.29, 0.717) is 0 Å². The summed E-state index contributed by atoms with van der Waals surface area (Å²) in [4.78, 5) is 2.37. The summed E-state index contributed by atoms with van der Waals surface area (Å²) >= 11 is 0. The van der Waals surface area contributed by atoms with Crippen LogP contribution in [0.3, 0.4) is 0 Å². The molecule has 3 rings (SSSR count). The van der Waals surface area contributed by atoms with Gasteiger partial charge < -0.3 is 5.73 Å². The Bertz CT molecular complexity index is 650. The number of fused-ring (bicyclic) bond motifs is 1. The van der Waals surface area contributed by atoms with Gasteiger partial charge in [-0.25, -0.2) is 0 Å². The van der Waals surface area contributed by atoms with Gasteiger partial charge in [-0.05, 0) is 35.7 Å². The molecule has 2 aromatic rings. The summed E-state index contributed by atoms with van der Waals surface area (Å²) in [7, 11) is 0. The van der Waals surface area contributed by atoms with E-state index in [1.807, 2.05) is 42.5 Å². The highest BCUT2D eigenvalue weighted by atomic mass is 15.1. The second-order valence-electron chi connectivity index (χ2n) is 5.11. The van der Waals surface area contributed by atoms with Gasteiger partial charge in [-0.3, -0.25) is 4.90 Å². The quantitative estimate of drug-likeness (QED) is 0.632. The van der Waals surface area contributed by atoms with E-state index in [2.05, 4.69) is 22.8 Å². The van der Waals surface area contributed by atoms with Crippen LogP contribution in [0.5, 0.6) is 0 Å². The van der Waals surface area contributed by atoms with Crippen LogP contribution in [0.25, 0.3) is 0 Å². The zero-order valence-corrected chi connectivity index (χ0v) is 11.5. The molecule has 0 aromatic heterocycles. The minimum absolute atomic E-state index is 0.809. The van der Waals surface area contributed by atoms with Crippen LogP contribution in [0.4, 0.5) is 5.69 Å². The fourth-order valence-corrected chi connectivity index (χ4v) is 2.61. The molecule has 0 aliphatic carbocycles. The number of anilines is 1. The molecular formula is C18H18N2. The highest BCUT2D eigenvalue weighted by Crippen LogP contribution is 2.23. The monoisotopic (exact) mass is 262 g/mol. The third kappa shape index (κ3) is 2.84. The average Bonchev–Trinajstić information content (AvgIpc) is 2.48. The van der Waals surface area contributed by atoms with Crippen molar-refractivity contribution >= 4 is 5.69 Å². The number of hydrogen-bond donors (Lipinski definition) is 1. The van der Waals surface area contributed by atoms with Crippen LogP contribution in [-0.4, -0.2) is 18.0 Å². The highest BCUT2D eigenvalue weighted by molar-refractivity contribution is 5.51. The third-order valence-corrected chi connectivity index (χ3v) is 3.69. The Labute approximate surface area is 120 Å². The van der Waals surface area contributed by atoms with Crippen molar-refractivity contribution in [3.63, 3.8) is 0 Å². The van der Waals surface area contributed by atoms with Crippen molar-refractivity contribution in [1.29, 1.82) is 0 Å². The van der Waals surface area contributed by atoms with E-state index in [9.17, 15) is 0 Å². The first-order valence-electron chi connectivity index (χ1n) is 6.95. The largest absolute Gasteiger partial charge is 0.398 e. The smallest absolute Gasteiger partial charge is 0.0608 e. The van der Waals surface area contributed by atoms with Gasteiger partial charge in [0.05, 0.1) is 6.54 Å². The lowest BCUT2D eigenvalue weighted by Gasteiger charge is -2.27. The van der Waals surface area contributed by atoms with Crippen molar-refractivity contribution in [2.45, 2.75) is 13.0 Å². The molecule has 0 radical (unpaired) electrons. The minimum atomic E-state index is 0.809. The van der Waals surface area contributed by atoms with Crippen molar-refractivity contribution in [2.75, 3.05) is 18.8 Å². The van der Waals surface area contributed by atoms with Crippen molar-refractivity contribution < 1.29 is 0 Å². The first kappa shape index (κ1) is 12.8. The lowest BCUT2D eigenvalue weighted by molar-refractivity contribution is 0.286. The minimum Gasteiger partial charge on any atom is -0.398 e. The van der Waals surface area contributed by atoms with Gasteiger partial charge in [-0.15, -0.1) is 0 Å². The number of benzene rings is 2.